The maximum absolute atomic E-state index is 12.9. The Labute approximate surface area is 126 Å². The largest absolute Gasteiger partial charge is 0.452 e. The van der Waals surface area contributed by atoms with Gasteiger partial charge in [-0.25, -0.2) is 0 Å². The van der Waals surface area contributed by atoms with E-state index in [0.29, 0.717) is 0 Å². The quantitative estimate of drug-likeness (QED) is 0.410. The van der Waals surface area contributed by atoms with E-state index in [1.54, 1.807) is 0 Å². The van der Waals surface area contributed by atoms with Crippen molar-refractivity contribution in [3.63, 3.8) is 0 Å². The summed E-state index contributed by atoms with van der Waals surface area (Å²) >= 11 is 0. The summed E-state index contributed by atoms with van der Waals surface area (Å²) in [5.74, 6) is 1.60. The highest BCUT2D eigenvalue weighted by Crippen LogP contribution is 2.53. The van der Waals surface area contributed by atoms with Gasteiger partial charge in [-0.05, 0) is 25.7 Å². The van der Waals surface area contributed by atoms with Crippen molar-refractivity contribution in [2.45, 2.75) is 63.6 Å². The Kier molecular flexibility index (Phi) is 6.29. The molecular formula is C15H23O5P. The Bertz CT molecular complexity index is 408. The predicted octanol–water partition coefficient (Wildman–Crippen LogP) is 3.27. The molecule has 2 aliphatic rings. The molecule has 0 aromatic rings. The van der Waals surface area contributed by atoms with Crippen LogP contribution in [0.5, 0.6) is 0 Å². The second-order valence-electron chi connectivity index (χ2n) is 5.66. The molecule has 0 heterocycles. The fraction of sp³-hybridized carbons (Fsp3) is 0.800. The van der Waals surface area contributed by atoms with Gasteiger partial charge in [0.15, 0.2) is 6.61 Å². The highest BCUT2D eigenvalue weighted by atomic mass is 31.2. The van der Waals surface area contributed by atoms with Crippen LogP contribution in [0, 0.1) is 12.3 Å². The van der Waals surface area contributed by atoms with E-state index < -0.39 is 13.6 Å². The van der Waals surface area contributed by atoms with Gasteiger partial charge in [0.05, 0.1) is 12.2 Å². The smallest absolute Gasteiger partial charge is 0.342 e. The number of rotatable bonds is 7. The molecule has 6 heteroatoms. The fourth-order valence-electron chi connectivity index (χ4n) is 2.87. The third-order valence-corrected chi connectivity index (χ3v) is 5.75. The Hall–Kier alpha value is -0.820. The van der Waals surface area contributed by atoms with Crippen molar-refractivity contribution in [3.8, 4) is 12.3 Å². The SMILES string of the molecule is C#CCOC(=O)CP(=O)(OC1CCCC1)OC1CCCC1. The third kappa shape index (κ3) is 5.47. The third-order valence-electron chi connectivity index (χ3n) is 3.86. The van der Waals surface area contributed by atoms with Gasteiger partial charge in [-0.15, -0.1) is 6.42 Å². The predicted molar refractivity (Wildman–Crippen MR) is 78.9 cm³/mol. The lowest BCUT2D eigenvalue weighted by atomic mass is 10.3. The first-order valence-electron chi connectivity index (χ1n) is 7.66. The van der Waals surface area contributed by atoms with Crippen molar-refractivity contribution >= 4 is 13.6 Å². The number of carbonyl (C=O) groups excluding carboxylic acids is 1. The van der Waals surface area contributed by atoms with Crippen molar-refractivity contribution in [2.24, 2.45) is 0 Å². The van der Waals surface area contributed by atoms with Crippen molar-refractivity contribution in [1.29, 1.82) is 0 Å². The highest BCUT2D eigenvalue weighted by Gasteiger charge is 2.37. The van der Waals surface area contributed by atoms with Gasteiger partial charge in [0.25, 0.3) is 0 Å². The summed E-state index contributed by atoms with van der Waals surface area (Å²) in [7, 11) is -3.46. The highest BCUT2D eigenvalue weighted by molar-refractivity contribution is 7.54. The molecule has 118 valence electrons. The number of hydrogen-bond acceptors (Lipinski definition) is 5. The molecule has 2 aliphatic carbocycles. The minimum Gasteiger partial charge on any atom is -0.452 e. The monoisotopic (exact) mass is 314 g/mol. The van der Waals surface area contributed by atoms with Crippen LogP contribution in [0.1, 0.15) is 51.4 Å². The zero-order valence-corrected chi connectivity index (χ0v) is 13.2. The summed E-state index contributed by atoms with van der Waals surface area (Å²) in [6.45, 7) is -0.119. The maximum Gasteiger partial charge on any atom is 0.342 e. The molecule has 0 amide bonds. The lowest BCUT2D eigenvalue weighted by molar-refractivity contribution is -0.139. The average molecular weight is 314 g/mol. The first-order valence-corrected chi connectivity index (χ1v) is 9.39. The van der Waals surface area contributed by atoms with E-state index in [1.165, 1.54) is 0 Å². The van der Waals surface area contributed by atoms with Gasteiger partial charge in [0.2, 0.25) is 0 Å². The van der Waals surface area contributed by atoms with Crippen LogP contribution >= 0.6 is 7.60 Å². The molecule has 0 atom stereocenters. The summed E-state index contributed by atoms with van der Waals surface area (Å²) in [6.07, 6.45) is 12.3. The van der Waals surface area contributed by atoms with Crippen molar-refractivity contribution in [2.75, 3.05) is 12.8 Å². The topological polar surface area (TPSA) is 61.8 Å². The fourth-order valence-corrected chi connectivity index (χ4v) is 4.80. The minimum atomic E-state index is -3.46. The summed E-state index contributed by atoms with van der Waals surface area (Å²) in [4.78, 5) is 11.7. The second kappa shape index (κ2) is 7.98. The van der Waals surface area contributed by atoms with E-state index in [1.807, 2.05) is 0 Å². The van der Waals surface area contributed by atoms with Crippen LogP contribution in [0.4, 0.5) is 0 Å². The van der Waals surface area contributed by atoms with E-state index in [0.717, 1.165) is 51.4 Å². The molecular weight excluding hydrogens is 291 g/mol. The van der Waals surface area contributed by atoms with Gasteiger partial charge in [0, 0.05) is 0 Å². The number of terminal acetylenes is 1. The molecule has 2 rings (SSSR count). The lowest BCUT2D eigenvalue weighted by Gasteiger charge is -2.24. The van der Waals surface area contributed by atoms with Crippen molar-refractivity contribution in [3.05, 3.63) is 0 Å². The molecule has 2 fully saturated rings. The summed E-state index contributed by atoms with van der Waals surface area (Å²) in [6, 6.07) is 0. The average Bonchev–Trinajstić information content (AvgIpc) is 3.09. The van der Waals surface area contributed by atoms with Gasteiger partial charge < -0.3 is 13.8 Å². The molecule has 21 heavy (non-hydrogen) atoms. The van der Waals surface area contributed by atoms with Crippen LogP contribution in [0.25, 0.3) is 0 Å². The van der Waals surface area contributed by atoms with Gasteiger partial charge >= 0.3 is 13.6 Å². The van der Waals surface area contributed by atoms with Crippen molar-refractivity contribution < 1.29 is 23.1 Å². The Morgan fingerprint density at radius 2 is 1.52 bits per heavy atom. The molecule has 0 spiro atoms. The molecule has 0 radical (unpaired) electrons. The van der Waals surface area contributed by atoms with Crippen LogP contribution in [0.3, 0.4) is 0 Å². The zero-order chi connectivity index (χ0) is 15.1. The molecule has 0 aromatic heterocycles. The molecule has 5 nitrogen and oxygen atoms in total. The molecule has 0 aliphatic heterocycles. The molecule has 0 bridgehead atoms. The molecule has 0 unspecified atom stereocenters. The molecule has 0 N–H and O–H groups in total. The summed E-state index contributed by atoms with van der Waals surface area (Å²) < 4.78 is 29.1. The number of esters is 1. The van der Waals surface area contributed by atoms with Crippen LogP contribution in [-0.4, -0.2) is 30.9 Å². The Morgan fingerprint density at radius 1 is 1.05 bits per heavy atom. The van der Waals surface area contributed by atoms with Crippen LogP contribution < -0.4 is 0 Å². The first kappa shape index (κ1) is 16.5. The van der Waals surface area contributed by atoms with Gasteiger partial charge in [-0.1, -0.05) is 31.6 Å². The Balaban J connectivity index is 1.95. The van der Waals surface area contributed by atoms with Gasteiger partial charge in [-0.3, -0.25) is 9.36 Å². The van der Waals surface area contributed by atoms with Crippen LogP contribution in [0.15, 0.2) is 0 Å². The molecule has 0 aromatic carbocycles. The standard InChI is InChI=1S/C15H23O5P/c1-2-11-18-15(16)12-21(17,19-13-7-3-4-8-13)20-14-9-5-6-10-14/h1,13-14H,3-12H2. The van der Waals surface area contributed by atoms with Gasteiger partial charge in [-0.2, -0.15) is 0 Å². The van der Waals surface area contributed by atoms with Crippen LogP contribution in [0.2, 0.25) is 0 Å². The summed E-state index contributed by atoms with van der Waals surface area (Å²) in [5, 5.41) is 0. The number of hydrogen-bond donors (Lipinski definition) is 0. The lowest BCUT2D eigenvalue weighted by Crippen LogP contribution is -2.19. The normalized spacial score (nSPS) is 20.5. The summed E-state index contributed by atoms with van der Waals surface area (Å²) in [5.41, 5.74) is 0. The molecule has 0 saturated heterocycles. The van der Waals surface area contributed by atoms with E-state index in [-0.39, 0.29) is 25.0 Å². The number of carbonyl (C=O) groups is 1. The molecule has 2 saturated carbocycles. The zero-order valence-electron chi connectivity index (χ0n) is 12.3. The Morgan fingerprint density at radius 3 is 1.95 bits per heavy atom. The van der Waals surface area contributed by atoms with E-state index in [9.17, 15) is 9.36 Å². The minimum absolute atomic E-state index is 0.0716. The van der Waals surface area contributed by atoms with Crippen LogP contribution in [-0.2, 0) is 23.1 Å². The van der Waals surface area contributed by atoms with E-state index in [4.69, 9.17) is 20.2 Å². The second-order valence-corrected chi connectivity index (χ2v) is 7.62. The van der Waals surface area contributed by atoms with Gasteiger partial charge in [0.1, 0.15) is 6.16 Å². The van der Waals surface area contributed by atoms with Crippen molar-refractivity contribution in [1.82, 2.24) is 0 Å². The maximum atomic E-state index is 12.9. The number of ether oxygens (including phenoxy) is 1. The van der Waals surface area contributed by atoms with E-state index in [2.05, 4.69) is 5.92 Å². The van der Waals surface area contributed by atoms with E-state index >= 15 is 0 Å². The first-order chi connectivity index (χ1) is 10.1.